The summed E-state index contributed by atoms with van der Waals surface area (Å²) in [5, 5.41) is 1.13. The number of thiazole rings is 1. The topological polar surface area (TPSA) is 41.9 Å². The number of hydrogen-bond donors (Lipinski definition) is 0. The maximum atomic E-state index is 5.20. The third kappa shape index (κ3) is 4.38. The summed E-state index contributed by atoms with van der Waals surface area (Å²) in [5.74, 6) is 1.35. The zero-order valence-corrected chi connectivity index (χ0v) is 19.4. The Kier molecular flexibility index (Phi) is 6.04. The Morgan fingerprint density at radius 2 is 1.84 bits per heavy atom. The van der Waals surface area contributed by atoms with Gasteiger partial charge in [-0.05, 0) is 50.5 Å². The Balaban J connectivity index is 1.61. The van der Waals surface area contributed by atoms with E-state index in [-0.39, 0.29) is 0 Å². The van der Waals surface area contributed by atoms with E-state index < -0.39 is 0 Å². The van der Waals surface area contributed by atoms with E-state index in [0.717, 1.165) is 35.5 Å². The monoisotopic (exact) mass is 431 g/mol. The molecule has 31 heavy (non-hydrogen) atoms. The van der Waals surface area contributed by atoms with Crippen LogP contribution in [0.2, 0.25) is 0 Å². The standard InChI is InChI=1S/C26H31N4S/c1-18-11-13-30(14-12-18)26-29-23(21-10-6-7-19(2)15-21)25(31-26)24-22(16-27-17-28-24)20-8-4-3-5-9-20/h6-7,10,15-16,18,20H,3-5,8-9,11-14H2,1-2H3. The number of benzene rings is 1. The van der Waals surface area contributed by atoms with Crippen LogP contribution in [0, 0.1) is 19.2 Å². The minimum Gasteiger partial charge on any atom is -0.348 e. The summed E-state index contributed by atoms with van der Waals surface area (Å²) in [7, 11) is 0. The zero-order chi connectivity index (χ0) is 21.2. The van der Waals surface area contributed by atoms with Crippen molar-refractivity contribution >= 4 is 16.5 Å². The van der Waals surface area contributed by atoms with Gasteiger partial charge in [0, 0.05) is 30.4 Å². The molecule has 2 fully saturated rings. The summed E-state index contributed by atoms with van der Waals surface area (Å²) < 4.78 is 0. The van der Waals surface area contributed by atoms with Crippen LogP contribution in [0.1, 0.15) is 68.9 Å². The number of rotatable bonds is 4. The highest BCUT2D eigenvalue weighted by molar-refractivity contribution is 7.19. The maximum Gasteiger partial charge on any atom is 0.198 e. The normalized spacial score (nSPS) is 18.5. The minimum atomic E-state index is 0.546. The third-order valence-electron chi connectivity index (χ3n) is 6.92. The molecule has 0 N–H and O–H groups in total. The van der Waals surface area contributed by atoms with Gasteiger partial charge in [0.15, 0.2) is 11.5 Å². The molecule has 0 spiro atoms. The van der Waals surface area contributed by atoms with E-state index in [9.17, 15) is 0 Å². The Morgan fingerprint density at radius 3 is 2.61 bits per heavy atom. The molecule has 4 nitrogen and oxygen atoms in total. The van der Waals surface area contributed by atoms with Crippen molar-refractivity contribution in [1.29, 1.82) is 0 Å². The van der Waals surface area contributed by atoms with Crippen LogP contribution >= 0.6 is 11.3 Å². The Morgan fingerprint density at radius 1 is 1.03 bits per heavy atom. The van der Waals surface area contributed by atoms with Gasteiger partial charge in [0.2, 0.25) is 0 Å². The van der Waals surface area contributed by atoms with Gasteiger partial charge in [-0.25, -0.2) is 15.0 Å². The van der Waals surface area contributed by atoms with Crippen molar-refractivity contribution in [3.63, 3.8) is 0 Å². The van der Waals surface area contributed by atoms with Crippen molar-refractivity contribution in [2.75, 3.05) is 18.0 Å². The van der Waals surface area contributed by atoms with E-state index in [4.69, 9.17) is 9.97 Å². The molecule has 0 bridgehead atoms. The van der Waals surface area contributed by atoms with E-state index in [2.05, 4.69) is 54.3 Å². The number of aryl methyl sites for hydroxylation is 1. The molecule has 1 radical (unpaired) electrons. The Hall–Kier alpha value is -2.27. The SMILES string of the molecule is Cc1cccc(-c2nc(N3CCC(C)CC3)sc2-c2n[c]ncc2C2CCCCC2)c1. The van der Waals surface area contributed by atoms with Crippen LogP contribution in [0.4, 0.5) is 5.13 Å². The molecule has 0 unspecified atom stereocenters. The summed E-state index contributed by atoms with van der Waals surface area (Å²) >= 11 is 1.80. The lowest BCUT2D eigenvalue weighted by Crippen LogP contribution is -2.32. The molecular formula is C26H31N4S. The number of aromatic nitrogens is 3. The fourth-order valence-electron chi connectivity index (χ4n) is 4.99. The van der Waals surface area contributed by atoms with E-state index in [0.29, 0.717) is 5.92 Å². The van der Waals surface area contributed by atoms with Crippen LogP contribution in [0.3, 0.4) is 0 Å². The highest BCUT2D eigenvalue weighted by Gasteiger charge is 2.27. The summed E-state index contributed by atoms with van der Waals surface area (Å²) in [4.78, 5) is 17.9. The van der Waals surface area contributed by atoms with Gasteiger partial charge in [0.25, 0.3) is 0 Å². The van der Waals surface area contributed by atoms with Gasteiger partial charge in [-0.3, -0.25) is 0 Å². The maximum absolute atomic E-state index is 5.20. The third-order valence-corrected chi connectivity index (χ3v) is 8.04. The predicted molar refractivity (Wildman–Crippen MR) is 129 cm³/mol. The second-order valence-corrected chi connectivity index (χ2v) is 10.3. The molecule has 3 aromatic rings. The minimum absolute atomic E-state index is 0.546. The Bertz CT molecular complexity index is 1030. The van der Waals surface area contributed by atoms with E-state index in [1.54, 1.807) is 11.3 Å². The van der Waals surface area contributed by atoms with Crippen molar-refractivity contribution in [2.45, 2.75) is 64.7 Å². The van der Waals surface area contributed by atoms with E-state index in [1.165, 1.54) is 66.5 Å². The molecule has 1 aliphatic carbocycles. The molecule has 1 saturated heterocycles. The first-order valence-corrected chi connectivity index (χ1v) is 12.6. The number of piperidine rings is 1. The average Bonchev–Trinajstić information content (AvgIpc) is 3.25. The van der Waals surface area contributed by atoms with Crippen LogP contribution in [-0.2, 0) is 0 Å². The molecule has 1 saturated carbocycles. The molecule has 1 aliphatic heterocycles. The summed E-state index contributed by atoms with van der Waals surface area (Å²) in [6, 6.07) is 8.70. The summed E-state index contributed by atoms with van der Waals surface area (Å²) in [6.07, 6.45) is 13.8. The first-order valence-electron chi connectivity index (χ1n) is 11.7. The smallest absolute Gasteiger partial charge is 0.198 e. The molecular weight excluding hydrogens is 400 g/mol. The molecule has 161 valence electrons. The van der Waals surface area contributed by atoms with Gasteiger partial charge in [-0.2, -0.15) is 0 Å². The van der Waals surface area contributed by atoms with Crippen LogP contribution in [0.15, 0.2) is 30.5 Å². The number of hydrogen-bond acceptors (Lipinski definition) is 5. The average molecular weight is 432 g/mol. The molecule has 2 aliphatic rings. The predicted octanol–water partition coefficient (Wildman–Crippen LogP) is 6.66. The quantitative estimate of drug-likeness (QED) is 0.463. The van der Waals surface area contributed by atoms with Crippen LogP contribution < -0.4 is 4.90 Å². The molecule has 0 amide bonds. The molecule has 1 aromatic carbocycles. The first-order chi connectivity index (χ1) is 15.2. The van der Waals surface area contributed by atoms with Crippen molar-refractivity contribution in [1.82, 2.24) is 15.0 Å². The Labute approximate surface area is 189 Å². The van der Waals surface area contributed by atoms with Crippen molar-refractivity contribution in [3.8, 4) is 21.8 Å². The second-order valence-electron chi connectivity index (χ2n) is 9.32. The lowest BCUT2D eigenvalue weighted by atomic mass is 9.83. The lowest BCUT2D eigenvalue weighted by Gasteiger charge is -2.29. The highest BCUT2D eigenvalue weighted by atomic mass is 32.1. The molecule has 2 aromatic heterocycles. The van der Waals surface area contributed by atoms with Gasteiger partial charge in [0.05, 0.1) is 16.3 Å². The molecule has 5 heteroatoms. The van der Waals surface area contributed by atoms with Gasteiger partial charge in [0.1, 0.15) is 0 Å². The highest BCUT2D eigenvalue weighted by Crippen LogP contribution is 2.44. The number of nitrogens with zero attached hydrogens (tertiary/aromatic N) is 4. The fraction of sp³-hybridized carbons (Fsp3) is 0.500. The van der Waals surface area contributed by atoms with Crippen molar-refractivity contribution in [2.24, 2.45) is 5.92 Å². The van der Waals surface area contributed by atoms with Gasteiger partial charge in [-0.15, -0.1) is 0 Å². The largest absolute Gasteiger partial charge is 0.348 e. The van der Waals surface area contributed by atoms with Gasteiger partial charge in [-0.1, -0.05) is 61.3 Å². The number of anilines is 1. The summed E-state index contributed by atoms with van der Waals surface area (Å²) in [5.41, 5.74) is 5.83. The van der Waals surface area contributed by atoms with E-state index >= 15 is 0 Å². The van der Waals surface area contributed by atoms with Crippen molar-refractivity contribution in [3.05, 3.63) is 47.9 Å². The first kappa shape index (κ1) is 20.6. The zero-order valence-electron chi connectivity index (χ0n) is 18.6. The molecule has 3 heterocycles. The van der Waals surface area contributed by atoms with Crippen LogP contribution in [0.25, 0.3) is 21.8 Å². The second kappa shape index (κ2) is 9.07. The van der Waals surface area contributed by atoms with Crippen LogP contribution in [0.5, 0.6) is 0 Å². The fourth-order valence-corrected chi connectivity index (χ4v) is 6.14. The van der Waals surface area contributed by atoms with E-state index in [1.807, 2.05) is 6.20 Å². The lowest BCUT2D eigenvalue weighted by molar-refractivity contribution is 0.438. The summed E-state index contributed by atoms with van der Waals surface area (Å²) in [6.45, 7) is 6.68. The molecule has 5 rings (SSSR count). The van der Waals surface area contributed by atoms with Gasteiger partial charge < -0.3 is 4.90 Å². The molecule has 0 atom stereocenters. The van der Waals surface area contributed by atoms with Crippen molar-refractivity contribution < 1.29 is 0 Å². The van der Waals surface area contributed by atoms with Gasteiger partial charge >= 0.3 is 0 Å². The van der Waals surface area contributed by atoms with Crippen LogP contribution in [-0.4, -0.2) is 28.0 Å².